The monoisotopic (exact) mass is 396 g/mol. The largest absolute Gasteiger partial charge is 0.449 e. The van der Waals surface area contributed by atoms with Gasteiger partial charge in [-0.25, -0.2) is 5.43 Å². The minimum atomic E-state index is -0.0584. The van der Waals surface area contributed by atoms with Gasteiger partial charge in [0.2, 0.25) is 5.91 Å². The summed E-state index contributed by atoms with van der Waals surface area (Å²) in [6.07, 6.45) is 1.99. The molecule has 0 unspecified atom stereocenters. The van der Waals surface area contributed by atoms with E-state index in [0.29, 0.717) is 12.2 Å². The molecule has 0 saturated carbocycles. The summed E-state index contributed by atoms with van der Waals surface area (Å²) >= 11 is 5.75. The highest BCUT2D eigenvalue weighted by molar-refractivity contribution is 14.1. The van der Waals surface area contributed by atoms with Gasteiger partial charge in [0.15, 0.2) is 3.77 Å². The van der Waals surface area contributed by atoms with Crippen molar-refractivity contribution in [3.8, 4) is 0 Å². The van der Waals surface area contributed by atoms with Crippen LogP contribution in [0.1, 0.15) is 19.1 Å². The van der Waals surface area contributed by atoms with Gasteiger partial charge in [-0.3, -0.25) is 4.79 Å². The highest BCUT2D eigenvalue weighted by Gasteiger charge is 2.32. The molecule has 18 heavy (non-hydrogen) atoms. The average molecular weight is 396 g/mol. The Morgan fingerprint density at radius 3 is 2.94 bits per heavy atom. The predicted octanol–water partition coefficient (Wildman–Crippen LogP) is 2.92. The number of hydrogen-bond acceptors (Lipinski definition) is 5. The summed E-state index contributed by atoms with van der Waals surface area (Å²) in [6.45, 7) is 2.10. The molecule has 0 atom stereocenters. The van der Waals surface area contributed by atoms with Crippen molar-refractivity contribution in [2.24, 2.45) is 5.10 Å². The number of hydrazone groups is 1. The van der Waals surface area contributed by atoms with E-state index < -0.39 is 0 Å². The quantitative estimate of drug-likeness (QED) is 0.483. The van der Waals surface area contributed by atoms with Gasteiger partial charge in [0.05, 0.1) is 16.7 Å². The average Bonchev–Trinajstić information content (AvgIpc) is 2.88. The summed E-state index contributed by atoms with van der Waals surface area (Å²) < 4.78 is 6.09. The van der Waals surface area contributed by atoms with Gasteiger partial charge in [-0.1, -0.05) is 0 Å². The molecule has 1 aliphatic heterocycles. The van der Waals surface area contributed by atoms with Crippen LogP contribution in [0.4, 0.5) is 0 Å². The van der Waals surface area contributed by atoms with Crippen LogP contribution in [0.15, 0.2) is 21.7 Å². The van der Waals surface area contributed by atoms with Crippen LogP contribution in [0.25, 0.3) is 0 Å². The summed E-state index contributed by atoms with van der Waals surface area (Å²) in [5.74, 6) is 2.80. The molecular formula is C11H13IN2O2S2. The van der Waals surface area contributed by atoms with Gasteiger partial charge in [0.1, 0.15) is 5.76 Å². The molecule has 1 N–H and O–H groups in total. The van der Waals surface area contributed by atoms with Crippen LogP contribution in [-0.4, -0.2) is 27.7 Å². The molecule has 2 rings (SSSR count). The van der Waals surface area contributed by atoms with E-state index in [9.17, 15) is 4.79 Å². The molecular weight excluding hydrogens is 383 g/mol. The third kappa shape index (κ3) is 4.20. The first-order valence-electron chi connectivity index (χ1n) is 5.43. The second kappa shape index (κ2) is 6.33. The SMILES string of the molecule is CC1(CC(=O)N/N=C\c2ccc(I)o2)SCCS1. The number of thioether (sulfide) groups is 2. The maximum absolute atomic E-state index is 11.7. The topological polar surface area (TPSA) is 54.6 Å². The molecule has 4 nitrogen and oxygen atoms in total. The molecule has 0 radical (unpaired) electrons. The lowest BCUT2D eigenvalue weighted by Gasteiger charge is -2.19. The van der Waals surface area contributed by atoms with E-state index in [-0.39, 0.29) is 9.99 Å². The van der Waals surface area contributed by atoms with Crippen LogP contribution in [0.2, 0.25) is 0 Å². The van der Waals surface area contributed by atoms with Gasteiger partial charge in [0, 0.05) is 11.5 Å². The van der Waals surface area contributed by atoms with Crippen molar-refractivity contribution < 1.29 is 9.21 Å². The molecule has 98 valence electrons. The minimum Gasteiger partial charge on any atom is -0.449 e. The van der Waals surface area contributed by atoms with Gasteiger partial charge in [-0.05, 0) is 41.6 Å². The standard InChI is InChI=1S/C11H13IN2O2S2/c1-11(17-4-5-18-11)6-10(15)14-13-7-8-2-3-9(12)16-8/h2-3,7H,4-6H2,1H3,(H,14,15)/b13-7-. The van der Waals surface area contributed by atoms with E-state index in [2.05, 4.69) is 40.0 Å². The third-order valence-electron chi connectivity index (χ3n) is 2.35. The molecule has 1 fully saturated rings. The molecule has 1 amide bonds. The van der Waals surface area contributed by atoms with Crippen molar-refractivity contribution in [2.75, 3.05) is 11.5 Å². The van der Waals surface area contributed by atoms with Gasteiger partial charge in [-0.2, -0.15) is 5.10 Å². The van der Waals surface area contributed by atoms with Crippen LogP contribution in [0, 0.1) is 3.77 Å². The summed E-state index contributed by atoms with van der Waals surface area (Å²) in [5.41, 5.74) is 2.53. The molecule has 0 aliphatic carbocycles. The molecule has 1 aromatic rings. The van der Waals surface area contributed by atoms with E-state index in [0.717, 1.165) is 15.3 Å². The highest BCUT2D eigenvalue weighted by Crippen LogP contribution is 2.45. The number of amides is 1. The number of furan rings is 1. The van der Waals surface area contributed by atoms with Gasteiger partial charge in [0.25, 0.3) is 0 Å². The minimum absolute atomic E-state index is 0.000334. The second-order valence-electron chi connectivity index (χ2n) is 3.94. The second-order valence-corrected chi connectivity index (χ2v) is 8.46. The van der Waals surface area contributed by atoms with Crippen LogP contribution < -0.4 is 5.43 Å². The van der Waals surface area contributed by atoms with Crippen molar-refractivity contribution in [1.82, 2.24) is 5.43 Å². The van der Waals surface area contributed by atoms with Gasteiger partial charge >= 0.3 is 0 Å². The van der Waals surface area contributed by atoms with E-state index in [1.165, 1.54) is 6.21 Å². The molecule has 1 saturated heterocycles. The first-order chi connectivity index (χ1) is 8.57. The number of rotatable bonds is 4. The lowest BCUT2D eigenvalue weighted by Crippen LogP contribution is -2.26. The molecule has 0 bridgehead atoms. The Labute approximate surface area is 128 Å². The van der Waals surface area contributed by atoms with E-state index in [1.807, 2.05) is 29.6 Å². The molecule has 0 aromatic carbocycles. The maximum atomic E-state index is 11.7. The maximum Gasteiger partial charge on any atom is 0.242 e. The van der Waals surface area contributed by atoms with Crippen LogP contribution in [0.3, 0.4) is 0 Å². The first kappa shape index (κ1) is 14.3. The lowest BCUT2D eigenvalue weighted by molar-refractivity contribution is -0.121. The zero-order chi connectivity index (χ0) is 13.0. The number of nitrogens with zero attached hydrogens (tertiary/aromatic N) is 1. The van der Waals surface area contributed by atoms with E-state index in [1.54, 1.807) is 6.07 Å². The Bertz CT molecular complexity index is 456. The third-order valence-corrected chi connectivity index (χ3v) is 6.23. The fourth-order valence-corrected chi connectivity index (χ4v) is 4.82. The summed E-state index contributed by atoms with van der Waals surface area (Å²) in [4.78, 5) is 11.7. The molecule has 0 spiro atoms. The Morgan fingerprint density at radius 1 is 1.61 bits per heavy atom. The first-order valence-corrected chi connectivity index (χ1v) is 8.48. The summed E-state index contributed by atoms with van der Waals surface area (Å²) in [7, 11) is 0. The van der Waals surface area contributed by atoms with Crippen LogP contribution in [0.5, 0.6) is 0 Å². The zero-order valence-corrected chi connectivity index (χ0v) is 13.6. The molecule has 1 aromatic heterocycles. The van der Waals surface area contributed by atoms with Crippen molar-refractivity contribution >= 4 is 58.2 Å². The van der Waals surface area contributed by atoms with Crippen molar-refractivity contribution in [3.63, 3.8) is 0 Å². The van der Waals surface area contributed by atoms with Gasteiger partial charge < -0.3 is 4.42 Å². The Hall–Kier alpha value is -0.150. The van der Waals surface area contributed by atoms with E-state index in [4.69, 9.17) is 4.42 Å². The summed E-state index contributed by atoms with van der Waals surface area (Å²) in [6, 6.07) is 3.65. The number of halogens is 1. The van der Waals surface area contributed by atoms with Gasteiger partial charge in [-0.15, -0.1) is 23.5 Å². The normalized spacial score (nSPS) is 18.3. The fraction of sp³-hybridized carbons (Fsp3) is 0.455. The molecule has 7 heteroatoms. The molecule has 2 heterocycles. The Balaban J connectivity index is 1.79. The number of hydrogen-bond donors (Lipinski definition) is 1. The number of carbonyl (C=O) groups is 1. The highest BCUT2D eigenvalue weighted by atomic mass is 127. The van der Waals surface area contributed by atoms with Crippen molar-refractivity contribution in [3.05, 3.63) is 21.7 Å². The Morgan fingerprint density at radius 2 is 2.33 bits per heavy atom. The number of carbonyl (C=O) groups excluding carboxylic acids is 1. The lowest BCUT2D eigenvalue weighted by atomic mass is 10.3. The smallest absolute Gasteiger partial charge is 0.242 e. The fourth-order valence-electron chi connectivity index (χ4n) is 1.56. The number of nitrogens with one attached hydrogen (secondary N) is 1. The summed E-state index contributed by atoms with van der Waals surface area (Å²) in [5, 5.41) is 3.89. The van der Waals surface area contributed by atoms with Crippen LogP contribution in [-0.2, 0) is 4.79 Å². The zero-order valence-electron chi connectivity index (χ0n) is 9.81. The Kier molecular flexibility index (Phi) is 5.02. The predicted molar refractivity (Wildman–Crippen MR) is 85.1 cm³/mol. The molecule has 1 aliphatic rings. The van der Waals surface area contributed by atoms with Crippen LogP contribution >= 0.6 is 46.1 Å². The van der Waals surface area contributed by atoms with Crippen molar-refractivity contribution in [1.29, 1.82) is 0 Å². The van der Waals surface area contributed by atoms with Crippen molar-refractivity contribution in [2.45, 2.75) is 17.4 Å². The van der Waals surface area contributed by atoms with E-state index >= 15 is 0 Å².